The highest BCUT2D eigenvalue weighted by Gasteiger charge is 2.33. The van der Waals surface area contributed by atoms with Gasteiger partial charge in [-0.25, -0.2) is 0 Å². The van der Waals surface area contributed by atoms with Gasteiger partial charge in [0, 0.05) is 43.9 Å². The van der Waals surface area contributed by atoms with E-state index < -0.39 is 0 Å². The Bertz CT molecular complexity index is 579. The zero-order chi connectivity index (χ0) is 13.4. The summed E-state index contributed by atoms with van der Waals surface area (Å²) in [5, 5.41) is 4.82. The average Bonchev–Trinajstić information content (AvgIpc) is 2.91. The maximum absolute atomic E-state index is 3.47. The maximum Gasteiger partial charge on any atom is 0.0454 e. The monoisotopic (exact) mass is 269 g/mol. The zero-order valence-corrected chi connectivity index (χ0v) is 11.9. The predicted octanol–water partition coefficient (Wildman–Crippen LogP) is 2.91. The van der Waals surface area contributed by atoms with E-state index in [4.69, 9.17) is 0 Å². The van der Waals surface area contributed by atoms with Crippen molar-refractivity contribution in [3.05, 3.63) is 36.0 Å². The number of benzene rings is 1. The lowest BCUT2D eigenvalue weighted by atomic mass is 9.76. The minimum absolute atomic E-state index is 0.630. The van der Waals surface area contributed by atoms with Crippen LogP contribution in [0.15, 0.2) is 30.5 Å². The number of aromatic amines is 1. The van der Waals surface area contributed by atoms with Crippen molar-refractivity contribution >= 4 is 10.9 Å². The largest absolute Gasteiger partial charge is 0.361 e. The van der Waals surface area contributed by atoms with Gasteiger partial charge in [-0.15, -0.1) is 0 Å². The second-order valence-corrected chi connectivity index (χ2v) is 6.25. The summed E-state index contributed by atoms with van der Waals surface area (Å²) in [6.07, 6.45) is 6.26. The lowest BCUT2D eigenvalue weighted by Crippen LogP contribution is -2.47. The molecule has 1 saturated heterocycles. The van der Waals surface area contributed by atoms with Gasteiger partial charge < -0.3 is 10.3 Å². The number of rotatable bonds is 3. The lowest BCUT2D eigenvalue weighted by Gasteiger charge is -2.43. The number of aromatic nitrogens is 1. The number of hydrogen-bond acceptors (Lipinski definition) is 2. The molecule has 3 nitrogen and oxygen atoms in total. The summed E-state index contributed by atoms with van der Waals surface area (Å²) in [4.78, 5) is 6.00. The van der Waals surface area contributed by atoms with Crippen molar-refractivity contribution in [3.8, 4) is 0 Å². The van der Waals surface area contributed by atoms with Gasteiger partial charge in [0.2, 0.25) is 0 Å². The van der Waals surface area contributed by atoms with Gasteiger partial charge in [0.25, 0.3) is 0 Å². The summed E-state index contributed by atoms with van der Waals surface area (Å²) >= 11 is 0. The minimum atomic E-state index is 0.630. The van der Waals surface area contributed by atoms with Crippen molar-refractivity contribution in [2.45, 2.75) is 25.3 Å². The van der Waals surface area contributed by atoms with Crippen LogP contribution in [-0.2, 0) is 0 Å². The molecule has 0 spiro atoms. The van der Waals surface area contributed by atoms with Gasteiger partial charge in [-0.2, -0.15) is 0 Å². The molecule has 2 fully saturated rings. The molecule has 2 N–H and O–H groups in total. The van der Waals surface area contributed by atoms with Crippen LogP contribution < -0.4 is 5.32 Å². The van der Waals surface area contributed by atoms with E-state index in [1.165, 1.54) is 48.8 Å². The van der Waals surface area contributed by atoms with E-state index in [1.54, 1.807) is 0 Å². The summed E-state index contributed by atoms with van der Waals surface area (Å²) in [7, 11) is 0. The Balaban J connectivity index is 1.68. The second-order valence-electron chi connectivity index (χ2n) is 6.25. The van der Waals surface area contributed by atoms with Crippen LogP contribution in [0, 0.1) is 5.92 Å². The van der Waals surface area contributed by atoms with Crippen LogP contribution in [0.4, 0.5) is 0 Å². The van der Waals surface area contributed by atoms with Crippen LogP contribution in [0.5, 0.6) is 0 Å². The number of hydrogen-bond donors (Lipinski definition) is 2. The van der Waals surface area contributed by atoms with Crippen LogP contribution >= 0.6 is 0 Å². The third-order valence-electron chi connectivity index (χ3n) is 5.06. The number of H-pyrrole nitrogens is 1. The molecule has 20 heavy (non-hydrogen) atoms. The molecule has 1 saturated carbocycles. The number of piperazine rings is 1. The number of nitrogens with zero attached hydrogens (tertiary/aromatic N) is 1. The molecule has 0 radical (unpaired) electrons. The van der Waals surface area contributed by atoms with Crippen molar-refractivity contribution in [3.63, 3.8) is 0 Å². The first kappa shape index (κ1) is 12.4. The first-order chi connectivity index (χ1) is 9.92. The summed E-state index contributed by atoms with van der Waals surface area (Å²) in [6.45, 7) is 4.64. The SMILES string of the molecule is c1cc2cc([C@H](C3CCC3)N3CCNCC3)ccc2[nH]1. The van der Waals surface area contributed by atoms with E-state index >= 15 is 0 Å². The Morgan fingerprint density at radius 3 is 2.70 bits per heavy atom. The molecular weight excluding hydrogens is 246 g/mol. The Morgan fingerprint density at radius 2 is 1.95 bits per heavy atom. The van der Waals surface area contributed by atoms with Gasteiger partial charge >= 0.3 is 0 Å². The molecule has 1 aliphatic heterocycles. The van der Waals surface area contributed by atoms with Crippen molar-refractivity contribution in [2.75, 3.05) is 26.2 Å². The van der Waals surface area contributed by atoms with Crippen LogP contribution in [-0.4, -0.2) is 36.1 Å². The molecule has 0 amide bonds. The standard InChI is InChI=1S/C17H23N3/c1-2-13(3-1)17(20-10-8-18-9-11-20)15-4-5-16-14(12-15)6-7-19-16/h4-7,12-13,17-19H,1-3,8-11H2/t17-/m0/s1. The van der Waals surface area contributed by atoms with E-state index in [0.717, 1.165) is 19.0 Å². The van der Waals surface area contributed by atoms with Gasteiger partial charge in [-0.1, -0.05) is 12.5 Å². The molecule has 0 unspecified atom stereocenters. The van der Waals surface area contributed by atoms with Gasteiger partial charge in [0.15, 0.2) is 0 Å². The molecule has 2 aromatic rings. The van der Waals surface area contributed by atoms with Gasteiger partial charge in [0.05, 0.1) is 0 Å². The molecule has 106 valence electrons. The summed E-state index contributed by atoms with van der Waals surface area (Å²) < 4.78 is 0. The highest BCUT2D eigenvalue weighted by atomic mass is 15.2. The number of fused-ring (bicyclic) bond motifs is 1. The van der Waals surface area contributed by atoms with E-state index in [2.05, 4.69) is 39.5 Å². The lowest BCUT2D eigenvalue weighted by molar-refractivity contribution is 0.0838. The van der Waals surface area contributed by atoms with E-state index in [0.29, 0.717) is 6.04 Å². The molecule has 1 aromatic carbocycles. The highest BCUT2D eigenvalue weighted by molar-refractivity contribution is 5.80. The third-order valence-corrected chi connectivity index (χ3v) is 5.06. The van der Waals surface area contributed by atoms with Crippen molar-refractivity contribution < 1.29 is 0 Å². The molecule has 1 atom stereocenters. The fraction of sp³-hybridized carbons (Fsp3) is 0.529. The Hall–Kier alpha value is -1.32. The average molecular weight is 269 g/mol. The van der Waals surface area contributed by atoms with Crippen molar-refractivity contribution in [1.82, 2.24) is 15.2 Å². The maximum atomic E-state index is 3.47. The summed E-state index contributed by atoms with van der Waals surface area (Å²) in [5.41, 5.74) is 2.77. The Labute approximate surface area is 120 Å². The molecule has 1 aromatic heterocycles. The van der Waals surface area contributed by atoms with Crippen LogP contribution in [0.25, 0.3) is 10.9 Å². The molecule has 3 heteroatoms. The molecule has 2 aliphatic rings. The molecule has 2 heterocycles. The van der Waals surface area contributed by atoms with E-state index in [1.807, 2.05) is 6.20 Å². The van der Waals surface area contributed by atoms with Gasteiger partial charge in [0.1, 0.15) is 0 Å². The zero-order valence-electron chi connectivity index (χ0n) is 11.9. The van der Waals surface area contributed by atoms with Crippen LogP contribution in [0.2, 0.25) is 0 Å². The van der Waals surface area contributed by atoms with Crippen LogP contribution in [0.3, 0.4) is 0 Å². The minimum Gasteiger partial charge on any atom is -0.361 e. The van der Waals surface area contributed by atoms with Crippen molar-refractivity contribution in [1.29, 1.82) is 0 Å². The van der Waals surface area contributed by atoms with Gasteiger partial charge in [-0.3, -0.25) is 4.90 Å². The Morgan fingerprint density at radius 1 is 1.10 bits per heavy atom. The predicted molar refractivity (Wildman–Crippen MR) is 82.8 cm³/mol. The van der Waals surface area contributed by atoms with Crippen LogP contribution in [0.1, 0.15) is 30.9 Å². The second kappa shape index (κ2) is 5.23. The molecular formula is C17H23N3. The van der Waals surface area contributed by atoms with E-state index in [-0.39, 0.29) is 0 Å². The smallest absolute Gasteiger partial charge is 0.0454 e. The first-order valence-electron chi connectivity index (χ1n) is 7.93. The highest BCUT2D eigenvalue weighted by Crippen LogP contribution is 2.42. The fourth-order valence-electron chi connectivity index (χ4n) is 3.75. The Kier molecular flexibility index (Phi) is 3.25. The first-order valence-corrected chi connectivity index (χ1v) is 7.93. The topological polar surface area (TPSA) is 31.1 Å². The van der Waals surface area contributed by atoms with E-state index in [9.17, 15) is 0 Å². The normalized spacial score (nSPS) is 22.8. The summed E-state index contributed by atoms with van der Waals surface area (Å²) in [6, 6.07) is 9.80. The number of nitrogens with one attached hydrogen (secondary N) is 2. The van der Waals surface area contributed by atoms with Crippen molar-refractivity contribution in [2.24, 2.45) is 5.92 Å². The molecule has 1 aliphatic carbocycles. The summed E-state index contributed by atoms with van der Waals surface area (Å²) in [5.74, 6) is 0.865. The third kappa shape index (κ3) is 2.15. The fourth-order valence-corrected chi connectivity index (χ4v) is 3.75. The quantitative estimate of drug-likeness (QED) is 0.897. The van der Waals surface area contributed by atoms with Gasteiger partial charge in [-0.05, 0) is 47.9 Å². The molecule has 0 bridgehead atoms. The molecule has 4 rings (SSSR count).